The summed E-state index contributed by atoms with van der Waals surface area (Å²) in [5, 5.41) is 3.21. The van der Waals surface area contributed by atoms with E-state index in [1.165, 1.54) is 44.9 Å². The third-order valence-electron chi connectivity index (χ3n) is 2.68. The Bertz CT molecular complexity index is 125. The molecule has 84 valence electrons. The van der Waals surface area contributed by atoms with E-state index in [9.17, 15) is 4.91 Å². The number of unbranched alkanes of at least 4 members (excludes halogenated alkanes) is 5. The summed E-state index contributed by atoms with van der Waals surface area (Å²) in [6, 6.07) is 0.0957. The monoisotopic (exact) mass is 199 g/mol. The first-order valence-corrected chi connectivity index (χ1v) is 6.17. The quantitative estimate of drug-likeness (QED) is 0.371. The standard InChI is InChI=1S/C12H25NO/c1-3-5-7-9-11-12(13-14)10-8-6-4-2/h12H,3-11H2,1-2H3. The molecule has 0 spiro atoms. The van der Waals surface area contributed by atoms with Crippen LogP contribution in [0.1, 0.15) is 71.6 Å². The van der Waals surface area contributed by atoms with Gasteiger partial charge in [0, 0.05) is 0 Å². The third kappa shape index (κ3) is 8.21. The Morgan fingerprint density at radius 1 is 0.857 bits per heavy atom. The SMILES string of the molecule is CCCCCCC(CCCCC)N=O. The fourth-order valence-corrected chi connectivity index (χ4v) is 1.69. The highest BCUT2D eigenvalue weighted by Crippen LogP contribution is 2.14. The predicted octanol–water partition coefficient (Wildman–Crippen LogP) is 4.67. The van der Waals surface area contributed by atoms with E-state index in [-0.39, 0.29) is 6.04 Å². The molecule has 0 fully saturated rings. The average molecular weight is 199 g/mol. The maximum Gasteiger partial charge on any atom is 0.0919 e. The number of nitrogens with zero attached hydrogens (tertiary/aromatic N) is 1. The van der Waals surface area contributed by atoms with Gasteiger partial charge in [0.25, 0.3) is 0 Å². The van der Waals surface area contributed by atoms with Crippen molar-refractivity contribution in [3.05, 3.63) is 4.91 Å². The Kier molecular flexibility index (Phi) is 10.4. The third-order valence-corrected chi connectivity index (χ3v) is 2.68. The Hall–Kier alpha value is -0.400. The number of hydrogen-bond donors (Lipinski definition) is 0. The Labute approximate surface area is 88.4 Å². The van der Waals surface area contributed by atoms with Gasteiger partial charge in [-0.15, -0.1) is 0 Å². The van der Waals surface area contributed by atoms with Gasteiger partial charge in [0.2, 0.25) is 0 Å². The van der Waals surface area contributed by atoms with Gasteiger partial charge < -0.3 is 0 Å². The van der Waals surface area contributed by atoms with E-state index in [0.29, 0.717) is 0 Å². The van der Waals surface area contributed by atoms with Crippen LogP contribution in [0.5, 0.6) is 0 Å². The summed E-state index contributed by atoms with van der Waals surface area (Å²) in [6.07, 6.45) is 10.6. The molecule has 0 aliphatic rings. The van der Waals surface area contributed by atoms with Gasteiger partial charge in [-0.3, -0.25) is 0 Å². The lowest BCUT2D eigenvalue weighted by atomic mass is 10.0. The molecule has 1 atom stereocenters. The van der Waals surface area contributed by atoms with Crippen LogP contribution in [0.2, 0.25) is 0 Å². The van der Waals surface area contributed by atoms with Crippen LogP contribution in [0.15, 0.2) is 5.18 Å². The van der Waals surface area contributed by atoms with E-state index in [4.69, 9.17) is 0 Å². The molecular formula is C12H25NO. The van der Waals surface area contributed by atoms with Gasteiger partial charge in [-0.05, 0) is 12.8 Å². The fourth-order valence-electron chi connectivity index (χ4n) is 1.69. The zero-order chi connectivity index (χ0) is 10.6. The lowest BCUT2D eigenvalue weighted by molar-refractivity contribution is 0.497. The first kappa shape index (κ1) is 13.6. The highest BCUT2D eigenvalue weighted by Gasteiger charge is 2.07. The molecule has 0 amide bonds. The molecule has 0 aromatic carbocycles. The molecule has 0 N–H and O–H groups in total. The summed E-state index contributed by atoms with van der Waals surface area (Å²) in [7, 11) is 0. The van der Waals surface area contributed by atoms with Crippen molar-refractivity contribution in [3.8, 4) is 0 Å². The lowest BCUT2D eigenvalue weighted by Gasteiger charge is -2.07. The van der Waals surface area contributed by atoms with E-state index >= 15 is 0 Å². The van der Waals surface area contributed by atoms with Crippen molar-refractivity contribution in [1.82, 2.24) is 0 Å². The molecule has 0 rings (SSSR count). The molecule has 0 saturated heterocycles. The van der Waals surface area contributed by atoms with Crippen LogP contribution in [-0.4, -0.2) is 6.04 Å². The van der Waals surface area contributed by atoms with Crippen LogP contribution < -0.4 is 0 Å². The van der Waals surface area contributed by atoms with Crippen LogP contribution in [0.25, 0.3) is 0 Å². The maximum absolute atomic E-state index is 10.5. The summed E-state index contributed by atoms with van der Waals surface area (Å²) in [4.78, 5) is 10.5. The Morgan fingerprint density at radius 2 is 1.36 bits per heavy atom. The van der Waals surface area contributed by atoms with Gasteiger partial charge in [-0.1, -0.05) is 64.0 Å². The summed E-state index contributed by atoms with van der Waals surface area (Å²) in [5.41, 5.74) is 0. The molecule has 0 saturated carbocycles. The normalized spacial score (nSPS) is 12.7. The van der Waals surface area contributed by atoms with Crippen LogP contribution in [0, 0.1) is 4.91 Å². The second-order valence-corrected chi connectivity index (χ2v) is 4.10. The lowest BCUT2D eigenvalue weighted by Crippen LogP contribution is -2.03. The van der Waals surface area contributed by atoms with Crippen molar-refractivity contribution in [2.45, 2.75) is 77.7 Å². The van der Waals surface area contributed by atoms with Crippen LogP contribution in [0.3, 0.4) is 0 Å². The van der Waals surface area contributed by atoms with E-state index in [2.05, 4.69) is 19.0 Å². The summed E-state index contributed by atoms with van der Waals surface area (Å²) in [6.45, 7) is 4.39. The van der Waals surface area contributed by atoms with Gasteiger partial charge in [-0.2, -0.15) is 4.91 Å². The van der Waals surface area contributed by atoms with E-state index in [0.717, 1.165) is 12.8 Å². The van der Waals surface area contributed by atoms with Gasteiger partial charge in [0.1, 0.15) is 0 Å². The van der Waals surface area contributed by atoms with E-state index in [1.807, 2.05) is 0 Å². The van der Waals surface area contributed by atoms with Crippen molar-refractivity contribution < 1.29 is 0 Å². The number of nitroso groups, excluding NO2 is 1. The molecule has 0 radical (unpaired) electrons. The fraction of sp³-hybridized carbons (Fsp3) is 1.00. The molecule has 14 heavy (non-hydrogen) atoms. The minimum absolute atomic E-state index is 0.0957. The Balaban J connectivity index is 3.33. The topological polar surface area (TPSA) is 29.4 Å². The van der Waals surface area contributed by atoms with E-state index in [1.54, 1.807) is 0 Å². The molecule has 2 heteroatoms. The van der Waals surface area contributed by atoms with Crippen molar-refractivity contribution in [3.63, 3.8) is 0 Å². The zero-order valence-electron chi connectivity index (χ0n) is 9.80. The molecule has 0 aliphatic heterocycles. The first-order valence-electron chi connectivity index (χ1n) is 6.17. The molecule has 0 aromatic rings. The van der Waals surface area contributed by atoms with Gasteiger partial charge in [0.05, 0.1) is 6.04 Å². The number of hydrogen-bond acceptors (Lipinski definition) is 2. The van der Waals surface area contributed by atoms with Gasteiger partial charge in [-0.25, -0.2) is 0 Å². The molecular weight excluding hydrogens is 174 g/mol. The molecule has 0 aliphatic carbocycles. The second-order valence-electron chi connectivity index (χ2n) is 4.10. The summed E-state index contributed by atoms with van der Waals surface area (Å²) in [5.74, 6) is 0. The molecule has 1 unspecified atom stereocenters. The smallest absolute Gasteiger partial charge is 0.0919 e. The second kappa shape index (κ2) is 10.7. The highest BCUT2D eigenvalue weighted by atomic mass is 16.3. The molecule has 0 heterocycles. The predicted molar refractivity (Wildman–Crippen MR) is 62.5 cm³/mol. The van der Waals surface area contributed by atoms with Crippen molar-refractivity contribution in [2.75, 3.05) is 0 Å². The molecule has 2 nitrogen and oxygen atoms in total. The van der Waals surface area contributed by atoms with Gasteiger partial charge in [0.15, 0.2) is 0 Å². The first-order chi connectivity index (χ1) is 6.85. The highest BCUT2D eigenvalue weighted by molar-refractivity contribution is 4.65. The average Bonchev–Trinajstić information content (AvgIpc) is 2.22. The molecule has 0 aromatic heterocycles. The van der Waals surface area contributed by atoms with Crippen molar-refractivity contribution in [2.24, 2.45) is 5.18 Å². The molecule has 0 bridgehead atoms. The summed E-state index contributed by atoms with van der Waals surface area (Å²) < 4.78 is 0. The van der Waals surface area contributed by atoms with Crippen LogP contribution in [-0.2, 0) is 0 Å². The van der Waals surface area contributed by atoms with Crippen molar-refractivity contribution in [1.29, 1.82) is 0 Å². The Morgan fingerprint density at radius 3 is 1.86 bits per heavy atom. The van der Waals surface area contributed by atoms with Crippen LogP contribution in [0.4, 0.5) is 0 Å². The largest absolute Gasteiger partial charge is 0.151 e. The zero-order valence-corrected chi connectivity index (χ0v) is 9.80. The van der Waals surface area contributed by atoms with Crippen molar-refractivity contribution >= 4 is 0 Å². The maximum atomic E-state index is 10.5. The minimum atomic E-state index is 0.0957. The summed E-state index contributed by atoms with van der Waals surface area (Å²) >= 11 is 0. The van der Waals surface area contributed by atoms with E-state index < -0.39 is 0 Å². The number of rotatable bonds is 10. The van der Waals surface area contributed by atoms with Gasteiger partial charge >= 0.3 is 0 Å². The van der Waals surface area contributed by atoms with Crippen LogP contribution >= 0.6 is 0 Å². The minimum Gasteiger partial charge on any atom is -0.151 e.